The summed E-state index contributed by atoms with van der Waals surface area (Å²) in [5.41, 5.74) is 0. The largest absolute Gasteiger partial charge is 0.315 e. The van der Waals surface area contributed by atoms with E-state index in [1.807, 2.05) is 0 Å². The normalized spacial score (nSPS) is 16.2. The molecule has 0 aliphatic rings. The zero-order chi connectivity index (χ0) is 10.3. The minimum absolute atomic E-state index is 0.165. The Morgan fingerprint density at radius 3 is 2.46 bits per heavy atom. The van der Waals surface area contributed by atoms with Crippen LogP contribution in [0.2, 0.25) is 0 Å². The lowest BCUT2D eigenvalue weighted by molar-refractivity contribution is 0.497. The van der Waals surface area contributed by atoms with Crippen LogP contribution < -0.4 is 5.32 Å². The Hall–Kier alpha value is 0.310. The first kappa shape index (κ1) is 13.3. The van der Waals surface area contributed by atoms with E-state index in [1.54, 1.807) is 0 Å². The van der Waals surface area contributed by atoms with Crippen molar-refractivity contribution in [3.63, 3.8) is 0 Å². The lowest BCUT2D eigenvalue weighted by Crippen LogP contribution is -2.33. The predicted molar refractivity (Wildman–Crippen MR) is 64.6 cm³/mol. The molecule has 0 aromatic rings. The van der Waals surface area contributed by atoms with Gasteiger partial charge in [0.2, 0.25) is 0 Å². The van der Waals surface area contributed by atoms with Crippen LogP contribution in [-0.2, 0) is 0 Å². The maximum atomic E-state index is 4.57. The van der Waals surface area contributed by atoms with Crippen LogP contribution in [0, 0.1) is 5.92 Å². The lowest BCUT2D eigenvalue weighted by Gasteiger charge is -2.22. The number of hydrogen-bond acceptors (Lipinski definition) is 2. The van der Waals surface area contributed by atoms with Crippen LogP contribution in [0.3, 0.4) is 0 Å². The van der Waals surface area contributed by atoms with Gasteiger partial charge in [-0.1, -0.05) is 20.8 Å². The molecule has 0 heterocycles. The van der Waals surface area contributed by atoms with Gasteiger partial charge in [-0.2, -0.15) is 12.6 Å². The second-order valence-electron chi connectivity index (χ2n) is 4.56. The molecule has 0 bridgehead atoms. The molecule has 1 nitrogen and oxygen atoms in total. The van der Waals surface area contributed by atoms with Gasteiger partial charge in [-0.05, 0) is 38.6 Å². The van der Waals surface area contributed by atoms with E-state index in [4.69, 9.17) is 0 Å². The number of nitrogens with one attached hydrogen (secondary N) is 1. The van der Waals surface area contributed by atoms with Crippen molar-refractivity contribution >= 4 is 12.6 Å². The quantitative estimate of drug-likeness (QED) is 0.478. The highest BCUT2D eigenvalue weighted by atomic mass is 32.1. The van der Waals surface area contributed by atoms with Gasteiger partial charge >= 0.3 is 0 Å². The molecule has 0 saturated heterocycles. The summed E-state index contributed by atoms with van der Waals surface area (Å²) in [6.45, 7) is 11.1. The first-order valence-electron chi connectivity index (χ1n) is 5.41. The molecule has 0 aromatic heterocycles. The van der Waals surface area contributed by atoms with Gasteiger partial charge in [0.1, 0.15) is 0 Å². The van der Waals surface area contributed by atoms with Gasteiger partial charge < -0.3 is 5.32 Å². The van der Waals surface area contributed by atoms with Gasteiger partial charge in [0.05, 0.1) is 0 Å². The molecule has 0 fully saturated rings. The number of thiol groups is 1. The summed E-state index contributed by atoms with van der Waals surface area (Å²) in [5, 5.41) is 3.46. The molecule has 0 amide bonds. The predicted octanol–water partition coefficient (Wildman–Crippen LogP) is 3.11. The van der Waals surface area contributed by atoms with E-state index in [1.165, 1.54) is 12.8 Å². The Balaban J connectivity index is 3.26. The first-order valence-corrected chi connectivity index (χ1v) is 5.86. The topological polar surface area (TPSA) is 12.0 Å². The van der Waals surface area contributed by atoms with Gasteiger partial charge in [-0.15, -0.1) is 0 Å². The van der Waals surface area contributed by atoms with Gasteiger partial charge in [0.15, 0.2) is 0 Å². The van der Waals surface area contributed by atoms with Crippen LogP contribution in [0.5, 0.6) is 0 Å². The molecule has 1 atom stereocenters. The second kappa shape index (κ2) is 6.72. The van der Waals surface area contributed by atoms with Crippen LogP contribution >= 0.6 is 12.6 Å². The van der Waals surface area contributed by atoms with Crippen molar-refractivity contribution in [3.8, 4) is 0 Å². The summed E-state index contributed by atoms with van der Waals surface area (Å²) >= 11 is 4.57. The van der Waals surface area contributed by atoms with E-state index in [9.17, 15) is 0 Å². The highest BCUT2D eigenvalue weighted by Gasteiger charge is 2.14. The minimum atomic E-state index is 0.165. The summed E-state index contributed by atoms with van der Waals surface area (Å²) in [6, 6.07) is 0. The Kier molecular flexibility index (Phi) is 6.88. The number of hydrogen-bond donors (Lipinski definition) is 2. The fraction of sp³-hybridized carbons (Fsp3) is 1.00. The Bertz CT molecular complexity index is 121. The molecule has 2 heteroatoms. The summed E-state index contributed by atoms with van der Waals surface area (Å²) in [5.74, 6) is 0.829. The van der Waals surface area contributed by atoms with Crippen LogP contribution in [0.1, 0.15) is 47.0 Å². The average Bonchev–Trinajstić information content (AvgIpc) is 2.03. The molecule has 0 aliphatic carbocycles. The van der Waals surface area contributed by atoms with Gasteiger partial charge in [0.25, 0.3) is 0 Å². The molecule has 0 rings (SSSR count). The molecular weight excluding hydrogens is 178 g/mol. The SMILES string of the molecule is CCC(C)(S)CNCCCC(C)C. The first-order chi connectivity index (χ1) is 5.98. The van der Waals surface area contributed by atoms with Crippen LogP contribution in [0.4, 0.5) is 0 Å². The van der Waals surface area contributed by atoms with E-state index in [2.05, 4.69) is 45.6 Å². The average molecular weight is 203 g/mol. The molecule has 0 saturated carbocycles. The maximum Gasteiger partial charge on any atom is 0.0223 e. The van der Waals surface area contributed by atoms with Crippen molar-refractivity contribution < 1.29 is 0 Å². The van der Waals surface area contributed by atoms with E-state index < -0.39 is 0 Å². The second-order valence-corrected chi connectivity index (χ2v) is 5.64. The molecule has 0 radical (unpaired) electrons. The molecular formula is C11H25NS. The molecule has 1 unspecified atom stereocenters. The van der Waals surface area contributed by atoms with Crippen LogP contribution in [0.25, 0.3) is 0 Å². The van der Waals surface area contributed by atoms with E-state index in [-0.39, 0.29) is 4.75 Å². The van der Waals surface area contributed by atoms with Crippen molar-refractivity contribution in [1.29, 1.82) is 0 Å². The molecule has 0 aromatic carbocycles. The zero-order valence-corrected chi connectivity index (χ0v) is 10.5. The maximum absolute atomic E-state index is 4.57. The minimum Gasteiger partial charge on any atom is -0.315 e. The van der Waals surface area contributed by atoms with Crippen molar-refractivity contribution in [3.05, 3.63) is 0 Å². The molecule has 0 spiro atoms. The highest BCUT2D eigenvalue weighted by Crippen LogP contribution is 2.16. The number of rotatable bonds is 7. The van der Waals surface area contributed by atoms with E-state index in [0.717, 1.165) is 25.4 Å². The lowest BCUT2D eigenvalue weighted by atomic mass is 10.1. The monoisotopic (exact) mass is 203 g/mol. The highest BCUT2D eigenvalue weighted by molar-refractivity contribution is 7.81. The third kappa shape index (κ3) is 8.63. The Labute approximate surface area is 89.1 Å². The van der Waals surface area contributed by atoms with Gasteiger partial charge in [-0.3, -0.25) is 0 Å². The van der Waals surface area contributed by atoms with Gasteiger partial charge in [0, 0.05) is 11.3 Å². The standard InChI is InChI=1S/C11H25NS/c1-5-11(4,13)9-12-8-6-7-10(2)3/h10,12-13H,5-9H2,1-4H3. The molecule has 1 N–H and O–H groups in total. The Morgan fingerprint density at radius 2 is 2.00 bits per heavy atom. The van der Waals surface area contributed by atoms with E-state index >= 15 is 0 Å². The third-order valence-electron chi connectivity index (χ3n) is 2.40. The third-order valence-corrected chi connectivity index (χ3v) is 2.88. The van der Waals surface area contributed by atoms with Crippen molar-refractivity contribution in [2.75, 3.05) is 13.1 Å². The smallest absolute Gasteiger partial charge is 0.0223 e. The van der Waals surface area contributed by atoms with Crippen molar-refractivity contribution in [2.45, 2.75) is 51.7 Å². The summed E-state index contributed by atoms with van der Waals surface area (Å²) in [6.07, 6.45) is 3.72. The fourth-order valence-corrected chi connectivity index (χ4v) is 1.23. The Morgan fingerprint density at radius 1 is 1.38 bits per heavy atom. The van der Waals surface area contributed by atoms with Crippen molar-refractivity contribution in [2.24, 2.45) is 5.92 Å². The molecule has 80 valence electrons. The summed E-state index contributed by atoms with van der Waals surface area (Å²) in [7, 11) is 0. The van der Waals surface area contributed by atoms with Crippen LogP contribution in [0.15, 0.2) is 0 Å². The zero-order valence-electron chi connectivity index (χ0n) is 9.56. The van der Waals surface area contributed by atoms with Gasteiger partial charge in [-0.25, -0.2) is 0 Å². The summed E-state index contributed by atoms with van der Waals surface area (Å²) in [4.78, 5) is 0. The fourth-order valence-electron chi connectivity index (χ4n) is 1.12. The summed E-state index contributed by atoms with van der Waals surface area (Å²) < 4.78 is 0.165. The van der Waals surface area contributed by atoms with Crippen molar-refractivity contribution in [1.82, 2.24) is 5.32 Å². The molecule has 0 aliphatic heterocycles. The van der Waals surface area contributed by atoms with E-state index in [0.29, 0.717) is 0 Å². The molecule has 13 heavy (non-hydrogen) atoms. The van der Waals surface area contributed by atoms with Crippen LogP contribution in [-0.4, -0.2) is 17.8 Å².